The summed E-state index contributed by atoms with van der Waals surface area (Å²) in [6.45, 7) is 3.70. The van der Waals surface area contributed by atoms with Crippen molar-refractivity contribution in [3.8, 4) is 0 Å². The van der Waals surface area contributed by atoms with Gasteiger partial charge in [0.15, 0.2) is 0 Å². The Balaban J connectivity index is 1.78. The first-order valence-electron chi connectivity index (χ1n) is 8.64. The Morgan fingerprint density at radius 1 is 1.19 bits per heavy atom. The van der Waals surface area contributed by atoms with Crippen LogP contribution in [0.1, 0.15) is 40.6 Å². The Hall–Kier alpha value is -2.96. The van der Waals surface area contributed by atoms with E-state index in [4.69, 9.17) is 4.74 Å². The predicted molar refractivity (Wildman–Crippen MR) is 97.4 cm³/mol. The van der Waals surface area contributed by atoms with E-state index in [0.29, 0.717) is 28.7 Å². The molecule has 136 valence electrons. The molecule has 1 aromatic carbocycles. The lowest BCUT2D eigenvalue weighted by Crippen LogP contribution is -2.38. The van der Waals surface area contributed by atoms with Crippen molar-refractivity contribution in [3.63, 3.8) is 0 Å². The van der Waals surface area contributed by atoms with E-state index >= 15 is 0 Å². The number of benzene rings is 1. The lowest BCUT2D eigenvalue weighted by Gasteiger charge is -2.30. The number of methoxy groups -OCH3 is 1. The Labute approximate surface area is 152 Å². The number of rotatable bonds is 4. The van der Waals surface area contributed by atoms with Crippen molar-refractivity contribution < 1.29 is 14.3 Å². The number of aromatic nitrogens is 2. The number of nitrogens with one attached hydrogen (secondary N) is 1. The number of carbonyl (C=O) groups excluding carboxylic acids is 2. The molecule has 3 rings (SSSR count). The quantitative estimate of drug-likeness (QED) is 0.850. The molecule has 26 heavy (non-hydrogen) atoms. The zero-order valence-corrected chi connectivity index (χ0v) is 14.9. The van der Waals surface area contributed by atoms with E-state index in [-0.39, 0.29) is 5.91 Å². The largest absolute Gasteiger partial charge is 0.465 e. The monoisotopic (exact) mass is 354 g/mol. The summed E-state index contributed by atoms with van der Waals surface area (Å²) in [7, 11) is 1.33. The van der Waals surface area contributed by atoms with E-state index in [1.807, 2.05) is 4.90 Å². The first-order valence-corrected chi connectivity index (χ1v) is 8.64. The molecule has 1 fully saturated rings. The highest BCUT2D eigenvalue weighted by atomic mass is 16.5. The fraction of sp³-hybridized carbons (Fsp3) is 0.368. The van der Waals surface area contributed by atoms with Gasteiger partial charge in [-0.2, -0.15) is 0 Å². The van der Waals surface area contributed by atoms with Gasteiger partial charge in [-0.15, -0.1) is 0 Å². The van der Waals surface area contributed by atoms with E-state index in [1.165, 1.54) is 13.4 Å². The predicted octanol–water partition coefficient (Wildman–Crippen LogP) is 2.88. The lowest BCUT2D eigenvalue weighted by molar-refractivity contribution is 0.0601. The molecule has 0 spiro atoms. The highest BCUT2D eigenvalue weighted by Crippen LogP contribution is 2.22. The smallest absolute Gasteiger partial charge is 0.339 e. The summed E-state index contributed by atoms with van der Waals surface area (Å²) in [5.74, 6) is 0.561. The van der Waals surface area contributed by atoms with Gasteiger partial charge in [-0.1, -0.05) is 19.1 Å². The van der Waals surface area contributed by atoms with E-state index in [9.17, 15) is 9.59 Å². The molecule has 1 aliphatic heterocycles. The van der Waals surface area contributed by atoms with Crippen LogP contribution < -0.4 is 5.32 Å². The van der Waals surface area contributed by atoms with Crippen molar-refractivity contribution in [1.82, 2.24) is 14.9 Å². The number of anilines is 2. The van der Waals surface area contributed by atoms with Gasteiger partial charge in [-0.3, -0.25) is 4.79 Å². The normalized spacial score (nSPS) is 14.8. The maximum absolute atomic E-state index is 12.7. The third-order valence-electron chi connectivity index (χ3n) is 4.55. The molecule has 1 aliphatic rings. The van der Waals surface area contributed by atoms with Crippen molar-refractivity contribution in [2.45, 2.75) is 19.8 Å². The van der Waals surface area contributed by atoms with Crippen molar-refractivity contribution in [1.29, 1.82) is 0 Å². The summed E-state index contributed by atoms with van der Waals surface area (Å²) < 4.78 is 4.79. The third kappa shape index (κ3) is 3.99. The molecule has 0 unspecified atom stereocenters. The van der Waals surface area contributed by atoms with Gasteiger partial charge in [0.25, 0.3) is 5.91 Å². The van der Waals surface area contributed by atoms with Crippen LogP contribution in [0.15, 0.2) is 36.7 Å². The van der Waals surface area contributed by atoms with Crippen molar-refractivity contribution >= 4 is 23.4 Å². The van der Waals surface area contributed by atoms with E-state index < -0.39 is 5.97 Å². The molecule has 1 N–H and O–H groups in total. The number of nitrogens with zero attached hydrogens (tertiary/aromatic N) is 3. The second kappa shape index (κ2) is 7.95. The fourth-order valence-corrected chi connectivity index (χ4v) is 2.93. The summed E-state index contributed by atoms with van der Waals surface area (Å²) >= 11 is 0. The number of hydrogen-bond donors (Lipinski definition) is 1. The number of carbonyl (C=O) groups is 2. The second-order valence-corrected chi connectivity index (χ2v) is 6.43. The third-order valence-corrected chi connectivity index (χ3v) is 4.55. The number of likely N-dealkylation sites (tertiary alicyclic amines) is 1. The van der Waals surface area contributed by atoms with Gasteiger partial charge in [0.05, 0.1) is 18.4 Å². The maximum Gasteiger partial charge on any atom is 0.339 e. The Morgan fingerprint density at radius 2 is 1.92 bits per heavy atom. The SMILES string of the molecule is COC(=O)c1ccccc1Nc1cc(C(=O)N2CCC(C)CC2)ncn1. The van der Waals surface area contributed by atoms with Crippen LogP contribution in [-0.2, 0) is 4.74 Å². The number of para-hydroxylation sites is 1. The molecule has 7 heteroatoms. The van der Waals surface area contributed by atoms with Gasteiger partial charge in [0.1, 0.15) is 17.8 Å². The van der Waals surface area contributed by atoms with Crippen LogP contribution >= 0.6 is 0 Å². The molecule has 0 saturated carbocycles. The summed E-state index contributed by atoms with van der Waals surface area (Å²) in [5, 5.41) is 3.07. The van der Waals surface area contributed by atoms with Gasteiger partial charge >= 0.3 is 5.97 Å². The van der Waals surface area contributed by atoms with Crippen LogP contribution in [0.4, 0.5) is 11.5 Å². The van der Waals surface area contributed by atoms with Crippen LogP contribution in [0.3, 0.4) is 0 Å². The van der Waals surface area contributed by atoms with E-state index in [0.717, 1.165) is 25.9 Å². The van der Waals surface area contributed by atoms with Crippen LogP contribution in [0, 0.1) is 5.92 Å². The zero-order valence-electron chi connectivity index (χ0n) is 14.9. The van der Waals surface area contributed by atoms with Crippen molar-refractivity contribution in [2.75, 3.05) is 25.5 Å². The van der Waals surface area contributed by atoms with Crippen LogP contribution in [0.5, 0.6) is 0 Å². The van der Waals surface area contributed by atoms with E-state index in [2.05, 4.69) is 22.2 Å². The molecule has 0 bridgehead atoms. The van der Waals surface area contributed by atoms with Gasteiger partial charge in [0.2, 0.25) is 0 Å². The van der Waals surface area contributed by atoms with Gasteiger partial charge in [-0.05, 0) is 30.9 Å². The molecule has 2 aromatic rings. The first kappa shape index (κ1) is 17.8. The molecular weight excluding hydrogens is 332 g/mol. The minimum atomic E-state index is -0.444. The van der Waals surface area contributed by atoms with Gasteiger partial charge < -0.3 is 15.0 Å². The number of piperidine rings is 1. The molecule has 1 saturated heterocycles. The Bertz CT molecular complexity index is 801. The Kier molecular flexibility index (Phi) is 5.46. The second-order valence-electron chi connectivity index (χ2n) is 6.43. The highest BCUT2D eigenvalue weighted by Gasteiger charge is 2.22. The minimum absolute atomic E-state index is 0.0939. The van der Waals surface area contributed by atoms with Crippen LogP contribution in [0.2, 0.25) is 0 Å². The molecule has 0 aliphatic carbocycles. The summed E-state index contributed by atoms with van der Waals surface area (Å²) in [6, 6.07) is 8.58. The average Bonchev–Trinajstić information content (AvgIpc) is 2.68. The average molecular weight is 354 g/mol. The Morgan fingerprint density at radius 3 is 2.65 bits per heavy atom. The molecule has 0 radical (unpaired) electrons. The molecule has 7 nitrogen and oxygen atoms in total. The molecule has 1 aromatic heterocycles. The van der Waals surface area contributed by atoms with Crippen LogP contribution in [-0.4, -0.2) is 46.9 Å². The highest BCUT2D eigenvalue weighted by molar-refractivity contribution is 5.97. The molecule has 1 amide bonds. The molecule has 2 heterocycles. The van der Waals surface area contributed by atoms with Crippen molar-refractivity contribution in [3.05, 3.63) is 47.9 Å². The van der Waals surface area contributed by atoms with Crippen LogP contribution in [0.25, 0.3) is 0 Å². The standard InChI is InChI=1S/C19H22N4O3/c1-13-7-9-23(10-8-13)18(24)16-11-17(21-12-20-16)22-15-6-4-3-5-14(15)19(25)26-2/h3-6,11-13H,7-10H2,1-2H3,(H,20,21,22). The van der Waals surface area contributed by atoms with Gasteiger partial charge in [-0.25, -0.2) is 14.8 Å². The number of amides is 1. The van der Waals surface area contributed by atoms with Crippen molar-refractivity contribution in [2.24, 2.45) is 5.92 Å². The summed E-state index contributed by atoms with van der Waals surface area (Å²) in [6.07, 6.45) is 3.37. The summed E-state index contributed by atoms with van der Waals surface area (Å²) in [5.41, 5.74) is 1.29. The van der Waals surface area contributed by atoms with Gasteiger partial charge in [0, 0.05) is 19.2 Å². The molecular formula is C19H22N4O3. The number of hydrogen-bond acceptors (Lipinski definition) is 6. The molecule has 0 atom stereocenters. The number of ether oxygens (including phenoxy) is 1. The first-order chi connectivity index (χ1) is 12.6. The number of esters is 1. The minimum Gasteiger partial charge on any atom is -0.465 e. The lowest BCUT2D eigenvalue weighted by atomic mass is 9.99. The fourth-order valence-electron chi connectivity index (χ4n) is 2.93. The maximum atomic E-state index is 12.7. The zero-order chi connectivity index (χ0) is 18.5. The summed E-state index contributed by atoms with van der Waals surface area (Å²) in [4.78, 5) is 34.6. The topological polar surface area (TPSA) is 84.4 Å². The van der Waals surface area contributed by atoms with E-state index in [1.54, 1.807) is 30.3 Å².